The molecule has 30 heavy (non-hydrogen) atoms. The van der Waals surface area contributed by atoms with Crippen molar-refractivity contribution in [2.75, 3.05) is 24.6 Å². The number of hydrogen-bond donors (Lipinski definition) is 0. The van der Waals surface area contributed by atoms with Gasteiger partial charge in [-0.1, -0.05) is 44.2 Å². The van der Waals surface area contributed by atoms with E-state index < -0.39 is 0 Å². The van der Waals surface area contributed by atoms with Crippen LogP contribution in [0, 0.1) is 5.92 Å². The van der Waals surface area contributed by atoms with E-state index in [1.807, 2.05) is 42.5 Å². The number of piperidine rings is 1. The zero-order chi connectivity index (χ0) is 21.1. The van der Waals surface area contributed by atoms with Crippen LogP contribution in [0.25, 0.3) is 5.57 Å². The maximum Gasteiger partial charge on any atom is 0.282 e. The van der Waals surface area contributed by atoms with Gasteiger partial charge in [-0.15, -0.1) is 0 Å². The second-order valence-corrected chi connectivity index (χ2v) is 8.28. The van der Waals surface area contributed by atoms with Crippen LogP contribution in [0.2, 0.25) is 0 Å². The molecule has 0 radical (unpaired) electrons. The minimum Gasteiger partial charge on any atom is -0.493 e. The topological polar surface area (TPSA) is 49.9 Å². The third kappa shape index (κ3) is 3.97. The fourth-order valence-corrected chi connectivity index (χ4v) is 3.98. The molecule has 5 heteroatoms. The van der Waals surface area contributed by atoms with Crippen molar-refractivity contribution in [2.45, 2.75) is 33.1 Å². The monoisotopic (exact) mass is 404 g/mol. The Bertz CT molecular complexity index is 942. The van der Waals surface area contributed by atoms with Crippen LogP contribution in [0.5, 0.6) is 5.75 Å². The molecule has 4 rings (SSSR count). The van der Waals surface area contributed by atoms with E-state index in [9.17, 15) is 9.59 Å². The van der Waals surface area contributed by atoms with Crippen LogP contribution in [0.4, 0.5) is 5.69 Å². The number of imide groups is 1. The van der Waals surface area contributed by atoms with Gasteiger partial charge in [-0.2, -0.15) is 0 Å². The van der Waals surface area contributed by atoms with E-state index in [1.165, 1.54) is 4.90 Å². The van der Waals surface area contributed by atoms with Crippen LogP contribution in [0.1, 0.15) is 38.7 Å². The highest BCUT2D eigenvalue weighted by Gasteiger charge is 2.42. The summed E-state index contributed by atoms with van der Waals surface area (Å²) in [4.78, 5) is 30.3. The van der Waals surface area contributed by atoms with Crippen molar-refractivity contribution in [2.24, 2.45) is 5.92 Å². The van der Waals surface area contributed by atoms with Gasteiger partial charge < -0.3 is 9.64 Å². The molecule has 0 bridgehead atoms. The van der Waals surface area contributed by atoms with Gasteiger partial charge in [-0.25, -0.2) is 4.90 Å². The summed E-state index contributed by atoms with van der Waals surface area (Å²) in [5.41, 5.74) is 2.40. The van der Waals surface area contributed by atoms with E-state index in [4.69, 9.17) is 4.74 Å². The number of carbonyl (C=O) groups is 2. The Hall–Kier alpha value is -3.08. The fourth-order valence-electron chi connectivity index (χ4n) is 3.98. The van der Waals surface area contributed by atoms with Gasteiger partial charge in [0.1, 0.15) is 11.4 Å². The van der Waals surface area contributed by atoms with Crippen LogP contribution in [-0.4, -0.2) is 36.4 Å². The molecule has 1 fully saturated rings. The van der Waals surface area contributed by atoms with Gasteiger partial charge in [-0.3, -0.25) is 9.59 Å². The summed E-state index contributed by atoms with van der Waals surface area (Å²) in [6, 6.07) is 16.7. The average molecular weight is 405 g/mol. The summed E-state index contributed by atoms with van der Waals surface area (Å²) in [6.45, 7) is 6.42. The first-order valence-electron chi connectivity index (χ1n) is 10.7. The Balaban J connectivity index is 1.67. The van der Waals surface area contributed by atoms with Crippen molar-refractivity contribution in [3.05, 3.63) is 65.9 Å². The maximum absolute atomic E-state index is 13.5. The minimum absolute atomic E-state index is 0.239. The third-order valence-corrected chi connectivity index (χ3v) is 5.47. The van der Waals surface area contributed by atoms with Gasteiger partial charge in [0.05, 0.1) is 17.9 Å². The van der Waals surface area contributed by atoms with Crippen molar-refractivity contribution >= 4 is 23.1 Å². The highest BCUT2D eigenvalue weighted by Crippen LogP contribution is 2.36. The van der Waals surface area contributed by atoms with Gasteiger partial charge in [0.25, 0.3) is 11.8 Å². The number of ether oxygens (including phenoxy) is 1. The van der Waals surface area contributed by atoms with Crippen molar-refractivity contribution in [1.29, 1.82) is 0 Å². The number of benzene rings is 2. The van der Waals surface area contributed by atoms with Crippen LogP contribution < -0.4 is 9.64 Å². The predicted octanol–water partition coefficient (Wildman–Crippen LogP) is 4.49. The molecule has 0 atom stereocenters. The van der Waals surface area contributed by atoms with Crippen molar-refractivity contribution in [3.63, 3.8) is 0 Å². The zero-order valence-corrected chi connectivity index (χ0v) is 17.6. The Morgan fingerprint density at radius 2 is 1.53 bits per heavy atom. The highest BCUT2D eigenvalue weighted by molar-refractivity contribution is 6.45. The molecule has 1 saturated heterocycles. The van der Waals surface area contributed by atoms with E-state index in [0.29, 0.717) is 29.5 Å². The molecule has 0 unspecified atom stereocenters. The smallest absolute Gasteiger partial charge is 0.282 e. The Morgan fingerprint density at radius 1 is 0.867 bits per heavy atom. The number of carbonyl (C=O) groups excluding carboxylic acids is 2. The first-order valence-corrected chi connectivity index (χ1v) is 10.7. The van der Waals surface area contributed by atoms with Crippen LogP contribution >= 0.6 is 0 Å². The lowest BCUT2D eigenvalue weighted by molar-refractivity contribution is -0.120. The molecule has 0 aliphatic carbocycles. The van der Waals surface area contributed by atoms with E-state index in [0.717, 1.165) is 43.7 Å². The van der Waals surface area contributed by atoms with Gasteiger partial charge in [0.2, 0.25) is 0 Å². The summed E-state index contributed by atoms with van der Waals surface area (Å²) in [5.74, 6) is 0.661. The minimum atomic E-state index is -0.261. The normalized spacial score (nSPS) is 17.3. The van der Waals surface area contributed by atoms with Gasteiger partial charge in [-0.05, 0) is 55.0 Å². The predicted molar refractivity (Wildman–Crippen MR) is 118 cm³/mol. The summed E-state index contributed by atoms with van der Waals surface area (Å²) in [6.07, 6.45) is 3.23. The van der Waals surface area contributed by atoms with E-state index in [1.54, 1.807) is 12.1 Å². The first-order chi connectivity index (χ1) is 14.6. The van der Waals surface area contributed by atoms with Gasteiger partial charge in [0.15, 0.2) is 0 Å². The molecular formula is C25H28N2O3. The fraction of sp³-hybridized carbons (Fsp3) is 0.360. The quantitative estimate of drug-likeness (QED) is 0.666. The Morgan fingerprint density at radius 3 is 2.17 bits per heavy atom. The molecule has 2 amide bonds. The molecule has 0 spiro atoms. The summed E-state index contributed by atoms with van der Waals surface area (Å²) in [5, 5.41) is 0. The number of hydrogen-bond acceptors (Lipinski definition) is 4. The summed E-state index contributed by atoms with van der Waals surface area (Å²) >= 11 is 0. The molecule has 2 aromatic carbocycles. The van der Waals surface area contributed by atoms with Crippen molar-refractivity contribution in [3.8, 4) is 5.75 Å². The molecule has 0 N–H and O–H groups in total. The number of rotatable bonds is 6. The third-order valence-electron chi connectivity index (χ3n) is 5.47. The number of likely N-dealkylation sites (tertiary alicyclic amines) is 1. The molecule has 5 nitrogen and oxygen atoms in total. The van der Waals surface area contributed by atoms with Crippen LogP contribution in [0.15, 0.2) is 60.3 Å². The van der Waals surface area contributed by atoms with E-state index >= 15 is 0 Å². The number of anilines is 1. The van der Waals surface area contributed by atoms with E-state index in [-0.39, 0.29) is 11.8 Å². The number of nitrogens with zero attached hydrogens (tertiary/aromatic N) is 2. The van der Waals surface area contributed by atoms with Crippen LogP contribution in [-0.2, 0) is 9.59 Å². The van der Waals surface area contributed by atoms with Gasteiger partial charge in [0, 0.05) is 13.1 Å². The summed E-state index contributed by atoms with van der Waals surface area (Å²) < 4.78 is 5.74. The Labute approximate surface area is 177 Å². The second-order valence-electron chi connectivity index (χ2n) is 8.28. The number of amides is 2. The molecule has 0 aromatic heterocycles. The standard InChI is InChI=1S/C25H28N2O3/c1-18(2)17-30-21-13-11-20(12-14-21)27-24(28)22(19-9-5-3-6-10-19)23(25(27)29)26-15-7-4-8-16-26/h3,5-6,9-14,18H,4,7-8,15-17H2,1-2H3. The lowest BCUT2D eigenvalue weighted by Crippen LogP contribution is -2.37. The average Bonchev–Trinajstić information content (AvgIpc) is 3.04. The van der Waals surface area contributed by atoms with Crippen molar-refractivity contribution < 1.29 is 14.3 Å². The molecule has 0 saturated carbocycles. The molecule has 2 aromatic rings. The lowest BCUT2D eigenvalue weighted by atomic mass is 10.0. The Kier molecular flexibility index (Phi) is 5.88. The lowest BCUT2D eigenvalue weighted by Gasteiger charge is -2.29. The molecule has 156 valence electrons. The summed E-state index contributed by atoms with van der Waals surface area (Å²) in [7, 11) is 0. The second kappa shape index (κ2) is 8.74. The molecule has 2 aliphatic rings. The van der Waals surface area contributed by atoms with E-state index in [2.05, 4.69) is 18.7 Å². The first kappa shape index (κ1) is 20.2. The maximum atomic E-state index is 13.5. The van der Waals surface area contributed by atoms with Crippen LogP contribution in [0.3, 0.4) is 0 Å². The zero-order valence-electron chi connectivity index (χ0n) is 17.6. The molecule has 2 aliphatic heterocycles. The molecule has 2 heterocycles. The SMILES string of the molecule is CC(C)COc1ccc(N2C(=O)C(c3ccccc3)=C(N3CCCCC3)C2=O)cc1. The van der Waals surface area contributed by atoms with Crippen molar-refractivity contribution in [1.82, 2.24) is 4.90 Å². The molecular weight excluding hydrogens is 376 g/mol. The highest BCUT2D eigenvalue weighted by atomic mass is 16.5. The largest absolute Gasteiger partial charge is 0.493 e. The van der Waals surface area contributed by atoms with Gasteiger partial charge >= 0.3 is 0 Å².